The second kappa shape index (κ2) is 5.55. The van der Waals surface area contributed by atoms with Crippen LogP contribution in [0.2, 0.25) is 0 Å². The van der Waals surface area contributed by atoms with E-state index in [0.29, 0.717) is 13.2 Å². The lowest BCUT2D eigenvalue weighted by molar-refractivity contribution is 0.0345. The van der Waals surface area contributed by atoms with Gasteiger partial charge in [0.05, 0.1) is 13.2 Å². The largest absolute Gasteiger partial charge is 0.379 e. The average molecular weight is 178 g/mol. The van der Waals surface area contributed by atoms with Crippen molar-refractivity contribution < 1.29 is 9.53 Å². The summed E-state index contributed by atoms with van der Waals surface area (Å²) >= 11 is 0. The van der Waals surface area contributed by atoms with Crippen molar-refractivity contribution >= 4 is 5.94 Å². The van der Waals surface area contributed by atoms with Crippen LogP contribution in [0.1, 0.15) is 0 Å². The van der Waals surface area contributed by atoms with Crippen LogP contribution in [0.5, 0.6) is 0 Å². The number of rotatable bonds is 2. The molecule has 0 aromatic rings. The number of nitrogens with zero attached hydrogens (tertiary/aromatic N) is 1. The molecule has 1 fully saturated rings. The van der Waals surface area contributed by atoms with E-state index in [9.17, 15) is 4.79 Å². The van der Waals surface area contributed by atoms with Gasteiger partial charge in [-0.2, -0.15) is 0 Å². The highest BCUT2D eigenvalue weighted by atomic mass is 16.5. The van der Waals surface area contributed by atoms with Crippen LogP contribution in [0, 0.1) is 18.8 Å². The van der Waals surface area contributed by atoms with Gasteiger partial charge in [0.1, 0.15) is 12.0 Å². The smallest absolute Gasteiger partial charge is 0.122 e. The van der Waals surface area contributed by atoms with Crippen LogP contribution in [-0.2, 0) is 9.53 Å². The van der Waals surface area contributed by atoms with Crippen molar-refractivity contribution in [3.05, 3.63) is 13.0 Å². The number of morpholine rings is 1. The Hall–Kier alpha value is -1.07. The first-order valence-corrected chi connectivity index (χ1v) is 4.19. The number of hydrogen-bond donors (Lipinski definition) is 0. The number of ether oxygens (including phenoxy) is 1. The van der Waals surface area contributed by atoms with E-state index in [4.69, 9.17) is 4.74 Å². The highest BCUT2D eigenvalue weighted by Crippen LogP contribution is 2.03. The second-order valence-electron chi connectivity index (χ2n) is 2.70. The molecule has 0 bridgehead atoms. The summed E-state index contributed by atoms with van der Waals surface area (Å²) in [5.74, 6) is 7.16. The van der Waals surface area contributed by atoms with Crippen LogP contribution in [-0.4, -0.2) is 43.2 Å². The maximum absolute atomic E-state index is 10.2. The Morgan fingerprint density at radius 2 is 2.15 bits per heavy atom. The minimum Gasteiger partial charge on any atom is -0.379 e. The van der Waals surface area contributed by atoms with Gasteiger partial charge < -0.3 is 4.74 Å². The van der Waals surface area contributed by atoms with Crippen LogP contribution >= 0.6 is 0 Å². The molecule has 0 spiro atoms. The molecule has 0 aromatic carbocycles. The van der Waals surface area contributed by atoms with Gasteiger partial charge in [-0.1, -0.05) is 5.92 Å². The molecule has 1 aliphatic heterocycles. The number of hydrogen-bond acceptors (Lipinski definition) is 3. The molecule has 1 aliphatic rings. The third kappa shape index (κ3) is 3.04. The summed E-state index contributed by atoms with van der Waals surface area (Å²) in [4.78, 5) is 12.3. The van der Waals surface area contributed by atoms with Crippen molar-refractivity contribution in [2.75, 3.05) is 26.3 Å². The van der Waals surface area contributed by atoms with E-state index in [1.54, 1.807) is 5.94 Å². The predicted molar refractivity (Wildman–Crippen MR) is 49.6 cm³/mol. The van der Waals surface area contributed by atoms with Gasteiger partial charge in [-0.15, -0.1) is 5.92 Å². The molecule has 1 heterocycles. The molecule has 1 saturated heterocycles. The summed E-state index contributed by atoms with van der Waals surface area (Å²) in [5, 5.41) is 0. The molecule has 3 nitrogen and oxygen atoms in total. The van der Waals surface area contributed by atoms with E-state index in [2.05, 4.69) is 23.7 Å². The Kier molecular flexibility index (Phi) is 4.28. The Labute approximate surface area is 78.4 Å². The van der Waals surface area contributed by atoms with Crippen LogP contribution in [0.15, 0.2) is 6.08 Å². The van der Waals surface area contributed by atoms with E-state index in [1.165, 1.54) is 6.08 Å². The fourth-order valence-corrected chi connectivity index (χ4v) is 1.26. The summed E-state index contributed by atoms with van der Waals surface area (Å²) in [6, 6.07) is -0.154. The molecule has 1 rings (SSSR count). The number of carbonyl (C=O) groups excluding carboxylic acids is 1. The lowest BCUT2D eigenvalue weighted by Crippen LogP contribution is -2.42. The van der Waals surface area contributed by atoms with Crippen molar-refractivity contribution in [3.63, 3.8) is 0 Å². The quantitative estimate of drug-likeness (QED) is 0.437. The molecule has 13 heavy (non-hydrogen) atoms. The van der Waals surface area contributed by atoms with Crippen molar-refractivity contribution in [1.29, 1.82) is 0 Å². The van der Waals surface area contributed by atoms with Crippen LogP contribution in [0.3, 0.4) is 0 Å². The van der Waals surface area contributed by atoms with Gasteiger partial charge in [0.15, 0.2) is 0 Å². The highest BCUT2D eigenvalue weighted by molar-refractivity contribution is 5.48. The van der Waals surface area contributed by atoms with E-state index in [-0.39, 0.29) is 6.04 Å². The monoisotopic (exact) mass is 178 g/mol. The standard InChI is InChI=1S/C10H12NO2/c1-2-3-10(4-7-12)11-5-8-13-9-6-11/h4,10H,1,5-6,8-9H2. The normalized spacial score (nSPS) is 19.5. The van der Waals surface area contributed by atoms with Crippen molar-refractivity contribution in [2.24, 2.45) is 0 Å². The maximum Gasteiger partial charge on any atom is 0.122 e. The van der Waals surface area contributed by atoms with Gasteiger partial charge in [-0.05, 0) is 0 Å². The zero-order valence-electron chi connectivity index (χ0n) is 7.45. The molecular weight excluding hydrogens is 166 g/mol. The lowest BCUT2D eigenvalue weighted by Gasteiger charge is -2.29. The van der Waals surface area contributed by atoms with E-state index >= 15 is 0 Å². The first-order valence-electron chi connectivity index (χ1n) is 4.19. The van der Waals surface area contributed by atoms with Crippen LogP contribution in [0.25, 0.3) is 0 Å². The third-order valence-electron chi connectivity index (χ3n) is 1.91. The minimum atomic E-state index is -0.154. The van der Waals surface area contributed by atoms with Crippen molar-refractivity contribution in [3.8, 4) is 11.8 Å². The Morgan fingerprint density at radius 1 is 1.46 bits per heavy atom. The molecule has 0 N–H and O–H groups in total. The molecule has 1 radical (unpaired) electrons. The fourth-order valence-electron chi connectivity index (χ4n) is 1.26. The first kappa shape index (κ1) is 10.0. The second-order valence-corrected chi connectivity index (χ2v) is 2.70. The summed E-state index contributed by atoms with van der Waals surface area (Å²) < 4.78 is 5.19. The molecule has 0 amide bonds. The molecule has 0 aromatic heterocycles. The van der Waals surface area contributed by atoms with Gasteiger partial charge >= 0.3 is 0 Å². The molecular formula is C10H12NO2. The molecule has 3 heteroatoms. The van der Waals surface area contributed by atoms with E-state index in [0.717, 1.165) is 13.1 Å². The maximum atomic E-state index is 10.2. The molecule has 0 aliphatic carbocycles. The van der Waals surface area contributed by atoms with Crippen LogP contribution in [0.4, 0.5) is 0 Å². The molecule has 1 unspecified atom stereocenters. The van der Waals surface area contributed by atoms with Crippen LogP contribution < -0.4 is 0 Å². The lowest BCUT2D eigenvalue weighted by atomic mass is 10.2. The zero-order valence-corrected chi connectivity index (χ0v) is 7.45. The molecule has 69 valence electrons. The first-order chi connectivity index (χ1) is 6.38. The summed E-state index contributed by atoms with van der Waals surface area (Å²) in [6.07, 6.45) is 1.42. The summed E-state index contributed by atoms with van der Waals surface area (Å²) in [6.45, 7) is 6.43. The van der Waals surface area contributed by atoms with Gasteiger partial charge in [-0.3, -0.25) is 4.90 Å². The minimum absolute atomic E-state index is 0.154. The van der Waals surface area contributed by atoms with Gasteiger partial charge in [0.2, 0.25) is 0 Å². The van der Waals surface area contributed by atoms with Gasteiger partial charge in [0.25, 0.3) is 0 Å². The third-order valence-corrected chi connectivity index (χ3v) is 1.91. The highest BCUT2D eigenvalue weighted by Gasteiger charge is 2.16. The van der Waals surface area contributed by atoms with Crippen molar-refractivity contribution in [2.45, 2.75) is 6.04 Å². The summed E-state index contributed by atoms with van der Waals surface area (Å²) in [5.41, 5.74) is 0. The average Bonchev–Trinajstić information content (AvgIpc) is 2.19. The molecule has 0 saturated carbocycles. The molecule has 1 atom stereocenters. The topological polar surface area (TPSA) is 29.5 Å². The van der Waals surface area contributed by atoms with Crippen molar-refractivity contribution in [1.82, 2.24) is 4.90 Å². The zero-order chi connectivity index (χ0) is 9.52. The Bertz CT molecular complexity index is 252. The van der Waals surface area contributed by atoms with Gasteiger partial charge in [-0.25, -0.2) is 4.79 Å². The van der Waals surface area contributed by atoms with E-state index < -0.39 is 0 Å². The van der Waals surface area contributed by atoms with E-state index in [1.807, 2.05) is 0 Å². The predicted octanol–water partition coefficient (Wildman–Crippen LogP) is -0.0875. The Morgan fingerprint density at radius 3 is 2.69 bits per heavy atom. The van der Waals surface area contributed by atoms with Gasteiger partial charge in [0, 0.05) is 26.1 Å². The fraction of sp³-hybridized carbons (Fsp3) is 0.500. The Balaban J connectivity index is 2.60. The summed E-state index contributed by atoms with van der Waals surface area (Å²) in [7, 11) is 0. The SMILES string of the molecule is [CH2]C#CC(C=C=O)N1CCOCC1.